The summed E-state index contributed by atoms with van der Waals surface area (Å²) >= 11 is 0. The highest BCUT2D eigenvalue weighted by Gasteiger charge is 2.28. The van der Waals surface area contributed by atoms with Gasteiger partial charge in [0.2, 0.25) is 0 Å². The van der Waals surface area contributed by atoms with Gasteiger partial charge in [0.15, 0.2) is 6.61 Å². The van der Waals surface area contributed by atoms with Crippen LogP contribution in [0.1, 0.15) is 11.3 Å². The molecule has 0 fully saturated rings. The zero-order valence-corrected chi connectivity index (χ0v) is 12.5. The molecule has 3 aromatic rings. The summed E-state index contributed by atoms with van der Waals surface area (Å²) in [7, 11) is 0. The van der Waals surface area contributed by atoms with Gasteiger partial charge in [-0.25, -0.2) is 9.67 Å². The van der Waals surface area contributed by atoms with E-state index in [2.05, 4.69) is 20.0 Å². The van der Waals surface area contributed by atoms with E-state index in [0.29, 0.717) is 13.1 Å². The summed E-state index contributed by atoms with van der Waals surface area (Å²) in [5.74, 6) is 0.176. The molecular formula is C15H14F3N5O. The number of halogens is 3. The molecule has 1 aromatic carbocycles. The lowest BCUT2D eigenvalue weighted by Gasteiger charge is -2.09. The van der Waals surface area contributed by atoms with Crippen LogP contribution in [0.3, 0.4) is 0 Å². The van der Waals surface area contributed by atoms with E-state index in [1.807, 2.05) is 17.0 Å². The Labute approximate surface area is 135 Å². The minimum Gasteiger partial charge on any atom is -0.484 e. The van der Waals surface area contributed by atoms with Gasteiger partial charge in [-0.3, -0.25) is 0 Å². The quantitative estimate of drug-likeness (QED) is 0.693. The average Bonchev–Trinajstić information content (AvgIpc) is 3.19. The van der Waals surface area contributed by atoms with Crippen molar-refractivity contribution in [2.75, 3.05) is 6.61 Å². The number of hydrogen-bond donors (Lipinski definition) is 0. The fourth-order valence-electron chi connectivity index (χ4n) is 2.10. The lowest BCUT2D eigenvalue weighted by Crippen LogP contribution is -2.19. The molecule has 24 heavy (non-hydrogen) atoms. The van der Waals surface area contributed by atoms with E-state index in [4.69, 9.17) is 0 Å². The molecular weight excluding hydrogens is 323 g/mol. The summed E-state index contributed by atoms with van der Waals surface area (Å²) in [6.07, 6.45) is 2.68. The van der Waals surface area contributed by atoms with Crippen LogP contribution in [0.15, 0.2) is 49.2 Å². The van der Waals surface area contributed by atoms with Gasteiger partial charge in [-0.15, -0.1) is 5.10 Å². The molecule has 0 saturated heterocycles. The van der Waals surface area contributed by atoms with E-state index < -0.39 is 12.8 Å². The Kier molecular flexibility index (Phi) is 4.50. The predicted octanol–water partition coefficient (Wildman–Crippen LogP) is 2.51. The van der Waals surface area contributed by atoms with Gasteiger partial charge in [0.05, 0.1) is 25.6 Å². The summed E-state index contributed by atoms with van der Waals surface area (Å²) in [6, 6.07) is 6.40. The Balaban J connectivity index is 1.57. The number of hydrogen-bond acceptors (Lipinski definition) is 4. The van der Waals surface area contributed by atoms with Crippen molar-refractivity contribution in [2.24, 2.45) is 0 Å². The standard InChI is InChI=1S/C15H14F3N5O/c16-15(17,18)10-24-14-3-1-12(2-4-14)7-23-9-13(20-21-23)8-22-6-5-19-11-22/h1-6,9,11H,7-8,10H2. The van der Waals surface area contributed by atoms with Crippen LogP contribution < -0.4 is 4.74 Å². The summed E-state index contributed by atoms with van der Waals surface area (Å²) in [4.78, 5) is 3.96. The van der Waals surface area contributed by atoms with Crippen molar-refractivity contribution in [3.63, 3.8) is 0 Å². The molecule has 2 aromatic heterocycles. The maximum absolute atomic E-state index is 12.1. The first-order valence-electron chi connectivity index (χ1n) is 7.11. The Morgan fingerprint density at radius 2 is 1.88 bits per heavy atom. The summed E-state index contributed by atoms with van der Waals surface area (Å²) < 4.78 is 44.5. The first-order chi connectivity index (χ1) is 11.5. The molecule has 0 aliphatic heterocycles. The summed E-state index contributed by atoms with van der Waals surface area (Å²) in [5, 5.41) is 8.11. The van der Waals surface area contributed by atoms with Crippen molar-refractivity contribution < 1.29 is 17.9 Å². The van der Waals surface area contributed by atoms with Gasteiger partial charge in [0, 0.05) is 12.4 Å². The van der Waals surface area contributed by atoms with E-state index in [9.17, 15) is 13.2 Å². The van der Waals surface area contributed by atoms with E-state index in [1.165, 1.54) is 12.1 Å². The second-order valence-corrected chi connectivity index (χ2v) is 5.19. The SMILES string of the molecule is FC(F)(F)COc1ccc(Cn2cc(Cn3ccnc3)nn2)cc1. The third-order valence-electron chi connectivity index (χ3n) is 3.16. The fraction of sp³-hybridized carbons (Fsp3) is 0.267. The van der Waals surface area contributed by atoms with Gasteiger partial charge in [0.1, 0.15) is 11.4 Å². The van der Waals surface area contributed by atoms with Crippen LogP contribution in [0.4, 0.5) is 13.2 Å². The molecule has 9 heteroatoms. The Morgan fingerprint density at radius 1 is 1.08 bits per heavy atom. The highest BCUT2D eigenvalue weighted by molar-refractivity contribution is 5.27. The second-order valence-electron chi connectivity index (χ2n) is 5.19. The smallest absolute Gasteiger partial charge is 0.422 e. The molecule has 2 heterocycles. The van der Waals surface area contributed by atoms with Crippen molar-refractivity contribution in [3.8, 4) is 5.75 Å². The van der Waals surface area contributed by atoms with Crippen LogP contribution in [0.2, 0.25) is 0 Å². The number of imidazole rings is 1. The molecule has 6 nitrogen and oxygen atoms in total. The van der Waals surface area contributed by atoms with Crippen LogP contribution in [-0.2, 0) is 13.1 Å². The maximum Gasteiger partial charge on any atom is 0.422 e. The van der Waals surface area contributed by atoms with Gasteiger partial charge in [0.25, 0.3) is 0 Å². The largest absolute Gasteiger partial charge is 0.484 e. The third-order valence-corrected chi connectivity index (χ3v) is 3.16. The van der Waals surface area contributed by atoms with Crippen molar-refractivity contribution in [1.29, 1.82) is 0 Å². The molecule has 0 bridgehead atoms. The van der Waals surface area contributed by atoms with E-state index in [1.54, 1.807) is 29.3 Å². The molecule has 0 spiro atoms. The Bertz CT molecular complexity index is 765. The number of aromatic nitrogens is 5. The minimum absolute atomic E-state index is 0.176. The van der Waals surface area contributed by atoms with Crippen LogP contribution in [0, 0.1) is 0 Å². The highest BCUT2D eigenvalue weighted by Crippen LogP contribution is 2.19. The molecule has 0 atom stereocenters. The number of nitrogens with zero attached hydrogens (tertiary/aromatic N) is 5. The first-order valence-corrected chi connectivity index (χ1v) is 7.11. The first kappa shape index (κ1) is 16.0. The fourth-order valence-corrected chi connectivity index (χ4v) is 2.10. The maximum atomic E-state index is 12.1. The molecule has 0 amide bonds. The number of ether oxygens (including phenoxy) is 1. The monoisotopic (exact) mass is 337 g/mol. The minimum atomic E-state index is -4.34. The lowest BCUT2D eigenvalue weighted by atomic mass is 10.2. The second kappa shape index (κ2) is 6.73. The molecule has 3 rings (SSSR count). The van der Waals surface area contributed by atoms with E-state index >= 15 is 0 Å². The molecule has 0 saturated carbocycles. The number of rotatable bonds is 6. The van der Waals surface area contributed by atoms with Gasteiger partial charge in [-0.05, 0) is 17.7 Å². The lowest BCUT2D eigenvalue weighted by molar-refractivity contribution is -0.153. The molecule has 0 unspecified atom stereocenters. The normalized spacial score (nSPS) is 11.6. The zero-order chi connectivity index (χ0) is 17.0. The van der Waals surface area contributed by atoms with E-state index in [-0.39, 0.29) is 5.75 Å². The Morgan fingerprint density at radius 3 is 2.54 bits per heavy atom. The van der Waals surface area contributed by atoms with Crippen LogP contribution in [0.25, 0.3) is 0 Å². The topological polar surface area (TPSA) is 57.8 Å². The molecule has 0 radical (unpaired) electrons. The highest BCUT2D eigenvalue weighted by atomic mass is 19.4. The van der Waals surface area contributed by atoms with E-state index in [0.717, 1.165) is 11.3 Å². The number of alkyl halides is 3. The summed E-state index contributed by atoms with van der Waals surface area (Å²) in [6.45, 7) is -0.256. The molecule has 0 aliphatic carbocycles. The van der Waals surface area contributed by atoms with Gasteiger partial charge in [-0.1, -0.05) is 17.3 Å². The van der Waals surface area contributed by atoms with Crippen LogP contribution in [-0.4, -0.2) is 37.3 Å². The van der Waals surface area contributed by atoms with Crippen molar-refractivity contribution in [1.82, 2.24) is 24.5 Å². The predicted molar refractivity (Wildman–Crippen MR) is 78.4 cm³/mol. The van der Waals surface area contributed by atoms with Crippen LogP contribution in [0.5, 0.6) is 5.75 Å². The van der Waals surface area contributed by atoms with Crippen molar-refractivity contribution in [3.05, 3.63) is 60.4 Å². The van der Waals surface area contributed by atoms with Crippen LogP contribution >= 0.6 is 0 Å². The summed E-state index contributed by atoms with van der Waals surface area (Å²) in [5.41, 5.74) is 1.67. The molecule has 0 N–H and O–H groups in total. The van der Waals surface area contributed by atoms with Gasteiger partial charge in [-0.2, -0.15) is 13.2 Å². The number of benzene rings is 1. The van der Waals surface area contributed by atoms with Gasteiger partial charge < -0.3 is 9.30 Å². The molecule has 0 aliphatic rings. The van der Waals surface area contributed by atoms with Crippen molar-refractivity contribution >= 4 is 0 Å². The zero-order valence-electron chi connectivity index (χ0n) is 12.5. The average molecular weight is 337 g/mol. The third kappa shape index (κ3) is 4.58. The molecule has 126 valence electrons. The van der Waals surface area contributed by atoms with Gasteiger partial charge >= 0.3 is 6.18 Å². The van der Waals surface area contributed by atoms with Crippen molar-refractivity contribution in [2.45, 2.75) is 19.3 Å². The Hall–Kier alpha value is -2.84.